The number of morpholine rings is 2. The van der Waals surface area contributed by atoms with Crippen LogP contribution >= 0.6 is 0 Å². The van der Waals surface area contributed by atoms with E-state index in [4.69, 9.17) is 24.4 Å². The van der Waals surface area contributed by atoms with Crippen LogP contribution < -0.4 is 9.80 Å². The number of ether oxygens (including phenoxy) is 2. The van der Waals surface area contributed by atoms with Crippen molar-refractivity contribution in [3.63, 3.8) is 0 Å². The van der Waals surface area contributed by atoms with Gasteiger partial charge in [0.05, 0.1) is 36.5 Å². The third-order valence-electron chi connectivity index (χ3n) is 6.26. The standard InChI is InChI=1S/C26H34N6O2/c1-18-15-32(16-19(2)34-18)26-28-24-22(25(29-26)31-10-12-33-13-11-31)8-9-23(27-24)21-7-5-6-20(14-21)17-30(3)4/h5-9,14,18-19H,10-13,15-17H2,1-4H3/t18-,19+. The largest absolute Gasteiger partial charge is 0.378 e. The molecule has 2 fully saturated rings. The summed E-state index contributed by atoms with van der Waals surface area (Å²) < 4.78 is 11.5. The Morgan fingerprint density at radius 1 is 0.941 bits per heavy atom. The predicted octanol–water partition coefficient (Wildman–Crippen LogP) is 3.20. The molecule has 180 valence electrons. The van der Waals surface area contributed by atoms with E-state index in [9.17, 15) is 0 Å². The maximum absolute atomic E-state index is 5.94. The van der Waals surface area contributed by atoms with Crippen LogP contribution in [0.3, 0.4) is 0 Å². The first-order chi connectivity index (χ1) is 16.5. The van der Waals surface area contributed by atoms with E-state index in [-0.39, 0.29) is 12.2 Å². The predicted molar refractivity (Wildman–Crippen MR) is 135 cm³/mol. The number of benzene rings is 1. The Hall–Kier alpha value is -2.81. The maximum Gasteiger partial charge on any atom is 0.229 e. The van der Waals surface area contributed by atoms with E-state index >= 15 is 0 Å². The summed E-state index contributed by atoms with van der Waals surface area (Å²) in [7, 11) is 4.17. The first-order valence-electron chi connectivity index (χ1n) is 12.1. The van der Waals surface area contributed by atoms with Crippen LogP contribution in [0.15, 0.2) is 36.4 Å². The molecule has 0 amide bonds. The van der Waals surface area contributed by atoms with Crippen molar-refractivity contribution in [3.05, 3.63) is 42.0 Å². The Balaban J connectivity index is 1.58. The zero-order valence-corrected chi connectivity index (χ0v) is 20.6. The molecule has 3 aromatic rings. The number of fused-ring (bicyclic) bond motifs is 1. The lowest BCUT2D eigenvalue weighted by Gasteiger charge is -2.36. The van der Waals surface area contributed by atoms with Gasteiger partial charge in [0.15, 0.2) is 5.65 Å². The molecule has 2 aliphatic rings. The highest BCUT2D eigenvalue weighted by atomic mass is 16.5. The van der Waals surface area contributed by atoms with Gasteiger partial charge in [-0.1, -0.05) is 18.2 Å². The van der Waals surface area contributed by atoms with Crippen LogP contribution in [-0.4, -0.2) is 85.5 Å². The second-order valence-electron chi connectivity index (χ2n) is 9.61. The topological polar surface area (TPSA) is 66.9 Å². The lowest BCUT2D eigenvalue weighted by Crippen LogP contribution is -2.46. The van der Waals surface area contributed by atoms with Gasteiger partial charge in [0.2, 0.25) is 5.95 Å². The molecule has 34 heavy (non-hydrogen) atoms. The third-order valence-corrected chi connectivity index (χ3v) is 6.26. The second-order valence-corrected chi connectivity index (χ2v) is 9.61. The van der Waals surface area contributed by atoms with Gasteiger partial charge in [0.25, 0.3) is 0 Å². The van der Waals surface area contributed by atoms with E-state index in [1.54, 1.807) is 0 Å². The van der Waals surface area contributed by atoms with Gasteiger partial charge in [0.1, 0.15) is 5.82 Å². The Morgan fingerprint density at radius 2 is 1.71 bits per heavy atom. The van der Waals surface area contributed by atoms with E-state index in [1.807, 2.05) is 0 Å². The van der Waals surface area contributed by atoms with Crippen molar-refractivity contribution >= 4 is 22.8 Å². The lowest BCUT2D eigenvalue weighted by atomic mass is 10.1. The first kappa shape index (κ1) is 23.0. The van der Waals surface area contributed by atoms with Gasteiger partial charge in [-0.2, -0.15) is 9.97 Å². The number of hydrogen-bond acceptors (Lipinski definition) is 8. The molecule has 0 N–H and O–H groups in total. The van der Waals surface area contributed by atoms with E-state index in [0.717, 1.165) is 66.8 Å². The average Bonchev–Trinajstić information content (AvgIpc) is 2.82. The van der Waals surface area contributed by atoms with E-state index in [0.29, 0.717) is 13.2 Å². The zero-order chi connectivity index (χ0) is 23.7. The highest BCUT2D eigenvalue weighted by molar-refractivity contribution is 5.90. The molecule has 0 aliphatic carbocycles. The fourth-order valence-corrected chi connectivity index (χ4v) is 4.84. The van der Waals surface area contributed by atoms with E-state index < -0.39 is 0 Å². The molecule has 2 aromatic heterocycles. The van der Waals surface area contributed by atoms with Crippen molar-refractivity contribution in [1.82, 2.24) is 19.9 Å². The van der Waals surface area contributed by atoms with Crippen molar-refractivity contribution < 1.29 is 9.47 Å². The fraction of sp³-hybridized carbons (Fsp3) is 0.500. The second kappa shape index (κ2) is 9.82. The Morgan fingerprint density at radius 3 is 2.44 bits per heavy atom. The molecule has 8 heteroatoms. The maximum atomic E-state index is 5.94. The summed E-state index contributed by atoms with van der Waals surface area (Å²) in [6.07, 6.45) is 0.266. The number of aromatic nitrogens is 3. The van der Waals surface area contributed by atoms with E-state index in [1.165, 1.54) is 5.56 Å². The SMILES string of the molecule is C[C@@H]1CN(c2nc(N3CCOCC3)c3ccc(-c4cccc(CN(C)C)c4)nc3n2)C[C@H](C)O1. The molecule has 0 saturated carbocycles. The summed E-state index contributed by atoms with van der Waals surface area (Å²) in [4.78, 5) is 21.7. The number of rotatable bonds is 5. The molecule has 4 heterocycles. The molecule has 5 rings (SSSR count). The minimum absolute atomic E-state index is 0.133. The van der Waals surface area contributed by atoms with Gasteiger partial charge in [-0.25, -0.2) is 4.98 Å². The smallest absolute Gasteiger partial charge is 0.229 e. The van der Waals surface area contributed by atoms with Crippen molar-refractivity contribution in [2.45, 2.75) is 32.6 Å². The minimum atomic E-state index is 0.133. The first-order valence-corrected chi connectivity index (χ1v) is 12.1. The van der Waals surface area contributed by atoms with Crippen LogP contribution in [-0.2, 0) is 16.0 Å². The third kappa shape index (κ3) is 4.99. The molecule has 0 unspecified atom stereocenters. The fourth-order valence-electron chi connectivity index (χ4n) is 4.84. The lowest BCUT2D eigenvalue weighted by molar-refractivity contribution is -0.00570. The van der Waals surface area contributed by atoms with Gasteiger partial charge < -0.3 is 24.2 Å². The van der Waals surface area contributed by atoms with Crippen LogP contribution in [0.2, 0.25) is 0 Å². The zero-order valence-electron chi connectivity index (χ0n) is 20.6. The van der Waals surface area contributed by atoms with Crippen molar-refractivity contribution in [3.8, 4) is 11.3 Å². The molecule has 0 spiro atoms. The van der Waals surface area contributed by atoms with Crippen molar-refractivity contribution in [1.29, 1.82) is 0 Å². The molecule has 8 nitrogen and oxygen atoms in total. The molecular formula is C26H34N6O2. The van der Waals surface area contributed by atoms with Gasteiger partial charge in [-0.3, -0.25) is 0 Å². The van der Waals surface area contributed by atoms with E-state index in [2.05, 4.69) is 79.0 Å². The molecular weight excluding hydrogens is 428 g/mol. The highest BCUT2D eigenvalue weighted by Gasteiger charge is 2.26. The van der Waals surface area contributed by atoms with Gasteiger partial charge in [-0.15, -0.1) is 0 Å². The average molecular weight is 463 g/mol. The van der Waals surface area contributed by atoms with Crippen LogP contribution in [0.5, 0.6) is 0 Å². The summed E-state index contributed by atoms with van der Waals surface area (Å²) in [5.74, 6) is 1.66. The van der Waals surface area contributed by atoms with Crippen molar-refractivity contribution in [2.75, 3.05) is 63.3 Å². The van der Waals surface area contributed by atoms with Gasteiger partial charge in [0, 0.05) is 38.3 Å². The quantitative estimate of drug-likeness (QED) is 0.573. The Labute approximate surface area is 201 Å². The Bertz CT molecular complexity index is 1140. The van der Waals surface area contributed by atoms with Crippen LogP contribution in [0.25, 0.3) is 22.3 Å². The number of nitrogens with zero attached hydrogens (tertiary/aromatic N) is 6. The minimum Gasteiger partial charge on any atom is -0.378 e. The molecule has 2 atom stereocenters. The summed E-state index contributed by atoms with van der Waals surface area (Å²) in [6.45, 7) is 9.67. The molecule has 2 aliphatic heterocycles. The van der Waals surface area contributed by atoms with Gasteiger partial charge >= 0.3 is 0 Å². The van der Waals surface area contributed by atoms with Crippen LogP contribution in [0.1, 0.15) is 19.4 Å². The summed E-state index contributed by atoms with van der Waals surface area (Å²) in [5, 5.41) is 0.980. The number of pyridine rings is 1. The normalized spacial score (nSPS) is 21.4. The summed E-state index contributed by atoms with van der Waals surface area (Å²) in [6, 6.07) is 12.8. The highest BCUT2D eigenvalue weighted by Crippen LogP contribution is 2.30. The molecule has 2 saturated heterocycles. The monoisotopic (exact) mass is 462 g/mol. The Kier molecular flexibility index (Phi) is 6.63. The van der Waals surface area contributed by atoms with Crippen LogP contribution in [0.4, 0.5) is 11.8 Å². The van der Waals surface area contributed by atoms with Crippen LogP contribution in [0, 0.1) is 0 Å². The molecule has 0 bridgehead atoms. The van der Waals surface area contributed by atoms with Crippen molar-refractivity contribution in [2.24, 2.45) is 0 Å². The number of hydrogen-bond donors (Lipinski definition) is 0. The number of anilines is 2. The summed E-state index contributed by atoms with van der Waals surface area (Å²) >= 11 is 0. The molecule has 1 aromatic carbocycles. The summed E-state index contributed by atoms with van der Waals surface area (Å²) in [5.41, 5.74) is 4.02. The van der Waals surface area contributed by atoms with Gasteiger partial charge in [-0.05, 0) is 51.7 Å². The molecule has 0 radical (unpaired) electrons.